The molecule has 4 aromatic carbocycles. The van der Waals surface area contributed by atoms with E-state index in [1.807, 2.05) is 85.1 Å². The number of pyridine rings is 2. The summed E-state index contributed by atoms with van der Waals surface area (Å²) in [4.78, 5) is 11.9. The molecule has 0 bridgehead atoms. The highest BCUT2D eigenvalue weighted by molar-refractivity contribution is 5.80. The van der Waals surface area contributed by atoms with Crippen LogP contribution in [0.3, 0.4) is 0 Å². The first-order valence-corrected chi connectivity index (χ1v) is 13.7. The average molecular weight is 534 g/mol. The van der Waals surface area contributed by atoms with Gasteiger partial charge in [0.25, 0.3) is 0 Å². The normalized spacial score (nSPS) is 11.3. The molecule has 0 amide bonds. The van der Waals surface area contributed by atoms with Gasteiger partial charge in [-0.25, -0.2) is 9.97 Å². The van der Waals surface area contributed by atoms with E-state index >= 15 is 0 Å². The van der Waals surface area contributed by atoms with E-state index in [0.717, 1.165) is 39.7 Å². The zero-order valence-corrected chi connectivity index (χ0v) is 23.1. The molecule has 41 heavy (non-hydrogen) atoms. The van der Waals surface area contributed by atoms with Crippen molar-refractivity contribution in [3.8, 4) is 28.3 Å². The third-order valence-electron chi connectivity index (χ3n) is 7.51. The van der Waals surface area contributed by atoms with E-state index in [2.05, 4.69) is 73.3 Å². The smallest absolute Gasteiger partial charge is 0.137 e. The number of hydrogen-bond acceptors (Lipinski definition) is 4. The Hall–Kier alpha value is -5.22. The molecule has 0 aliphatic carbocycles. The molecule has 1 N–H and O–H groups in total. The monoisotopic (exact) mass is 533 g/mol. The lowest BCUT2D eigenvalue weighted by molar-refractivity contribution is 0.477. The third kappa shape index (κ3) is 5.32. The summed E-state index contributed by atoms with van der Waals surface area (Å²) in [6.07, 6.45) is 1.82. The lowest BCUT2D eigenvalue weighted by Gasteiger charge is -2.30. The van der Waals surface area contributed by atoms with Gasteiger partial charge in [-0.1, -0.05) is 86.6 Å². The number of benzene rings is 4. The van der Waals surface area contributed by atoms with Gasteiger partial charge in [0.1, 0.15) is 11.6 Å². The molecule has 0 radical (unpaired) electrons. The molecular formula is C37H31N3O. The van der Waals surface area contributed by atoms with Crippen LogP contribution in [-0.4, -0.2) is 15.1 Å². The van der Waals surface area contributed by atoms with Crippen molar-refractivity contribution in [3.63, 3.8) is 0 Å². The number of aromatic hydroxyl groups is 1. The van der Waals surface area contributed by atoms with Crippen LogP contribution in [0.2, 0.25) is 0 Å². The lowest BCUT2D eigenvalue weighted by Crippen LogP contribution is -2.20. The minimum atomic E-state index is -0.284. The standard InChI is InChI=1S/C37H31N3O/c1-37(2,28-14-5-3-6-15-28)29-24-27(33-19-13-20-34(39-33)32-18-9-10-21-35(32)41)25-31(26-29)40(30-16-7-4-8-17-30)36-22-11-12-23-38-36/h3-26,41H,1-2H3. The Kier molecular flexibility index (Phi) is 7.05. The van der Waals surface area contributed by atoms with Crippen molar-refractivity contribution < 1.29 is 5.11 Å². The number of nitrogens with zero attached hydrogens (tertiary/aromatic N) is 3. The summed E-state index contributed by atoms with van der Waals surface area (Å²) >= 11 is 0. The number of aromatic nitrogens is 2. The van der Waals surface area contributed by atoms with Crippen LogP contribution in [0.5, 0.6) is 5.75 Å². The summed E-state index contributed by atoms with van der Waals surface area (Å²) in [6.45, 7) is 4.51. The Bertz CT molecular complexity index is 1730. The number of phenolic OH excluding ortho intramolecular Hbond substituents is 1. The van der Waals surface area contributed by atoms with Gasteiger partial charge in [0.05, 0.1) is 11.4 Å². The first-order valence-electron chi connectivity index (χ1n) is 13.7. The largest absolute Gasteiger partial charge is 0.507 e. The van der Waals surface area contributed by atoms with Crippen molar-refractivity contribution in [1.82, 2.24) is 9.97 Å². The predicted molar refractivity (Wildman–Crippen MR) is 168 cm³/mol. The fourth-order valence-electron chi connectivity index (χ4n) is 5.18. The molecule has 200 valence electrons. The summed E-state index contributed by atoms with van der Waals surface area (Å²) in [5, 5.41) is 10.5. The highest BCUT2D eigenvalue weighted by Crippen LogP contribution is 2.41. The molecule has 0 aliphatic heterocycles. The van der Waals surface area contributed by atoms with Crippen LogP contribution in [0.4, 0.5) is 17.2 Å². The Morgan fingerprint density at radius 1 is 0.585 bits per heavy atom. The van der Waals surface area contributed by atoms with Crippen LogP contribution in [0.25, 0.3) is 22.5 Å². The zero-order chi connectivity index (χ0) is 28.2. The van der Waals surface area contributed by atoms with Crippen molar-refractivity contribution >= 4 is 17.2 Å². The number of para-hydroxylation sites is 2. The molecule has 0 fully saturated rings. The summed E-state index contributed by atoms with van der Waals surface area (Å²) in [6, 6.07) is 46.8. The minimum Gasteiger partial charge on any atom is -0.507 e. The van der Waals surface area contributed by atoms with Crippen molar-refractivity contribution in [2.75, 3.05) is 4.90 Å². The molecule has 0 saturated carbocycles. The van der Waals surface area contributed by atoms with Gasteiger partial charge in [-0.3, -0.25) is 4.90 Å². The molecule has 6 aromatic rings. The number of anilines is 3. The Balaban J connectivity index is 1.58. The molecule has 2 heterocycles. The quantitative estimate of drug-likeness (QED) is 0.222. The van der Waals surface area contributed by atoms with E-state index in [1.165, 1.54) is 5.56 Å². The number of phenols is 1. The van der Waals surface area contributed by atoms with E-state index in [-0.39, 0.29) is 11.2 Å². The summed E-state index contributed by atoms with van der Waals surface area (Å²) < 4.78 is 0. The second-order valence-electron chi connectivity index (χ2n) is 10.5. The maximum Gasteiger partial charge on any atom is 0.137 e. The lowest BCUT2D eigenvalue weighted by atomic mass is 9.77. The highest BCUT2D eigenvalue weighted by Gasteiger charge is 2.26. The molecule has 2 aromatic heterocycles. The number of hydrogen-bond donors (Lipinski definition) is 1. The molecule has 0 aliphatic rings. The van der Waals surface area contributed by atoms with E-state index < -0.39 is 0 Å². The Morgan fingerprint density at radius 3 is 2.00 bits per heavy atom. The third-order valence-corrected chi connectivity index (χ3v) is 7.51. The van der Waals surface area contributed by atoms with E-state index in [4.69, 9.17) is 9.97 Å². The molecular weight excluding hydrogens is 502 g/mol. The summed E-state index contributed by atoms with van der Waals surface area (Å²) in [5.41, 5.74) is 7.33. The van der Waals surface area contributed by atoms with Crippen molar-refractivity contribution in [2.24, 2.45) is 0 Å². The van der Waals surface area contributed by atoms with Crippen LogP contribution in [0.15, 0.2) is 146 Å². The van der Waals surface area contributed by atoms with E-state index in [1.54, 1.807) is 6.07 Å². The average Bonchev–Trinajstić information content (AvgIpc) is 3.03. The van der Waals surface area contributed by atoms with Gasteiger partial charge < -0.3 is 5.11 Å². The molecule has 6 rings (SSSR count). The predicted octanol–water partition coefficient (Wildman–Crippen LogP) is 9.31. The first-order chi connectivity index (χ1) is 20.0. The van der Waals surface area contributed by atoms with Gasteiger partial charge >= 0.3 is 0 Å². The number of rotatable bonds is 7. The van der Waals surface area contributed by atoms with E-state index in [0.29, 0.717) is 5.56 Å². The van der Waals surface area contributed by atoms with Gasteiger partial charge in [0.2, 0.25) is 0 Å². The fourth-order valence-corrected chi connectivity index (χ4v) is 5.18. The highest BCUT2D eigenvalue weighted by atomic mass is 16.3. The maximum atomic E-state index is 10.5. The zero-order valence-electron chi connectivity index (χ0n) is 23.1. The molecule has 0 saturated heterocycles. The van der Waals surface area contributed by atoms with Crippen molar-refractivity contribution in [2.45, 2.75) is 19.3 Å². The second kappa shape index (κ2) is 11.1. The topological polar surface area (TPSA) is 49.3 Å². The second-order valence-corrected chi connectivity index (χ2v) is 10.5. The van der Waals surface area contributed by atoms with E-state index in [9.17, 15) is 5.11 Å². The molecule has 0 spiro atoms. The Labute approximate surface area is 241 Å². The molecule has 4 heteroatoms. The molecule has 0 unspecified atom stereocenters. The van der Waals surface area contributed by atoms with Gasteiger partial charge in [0, 0.05) is 34.1 Å². The van der Waals surface area contributed by atoms with Gasteiger partial charge in [-0.05, 0) is 77.9 Å². The molecule has 0 atom stereocenters. The summed E-state index contributed by atoms with van der Waals surface area (Å²) in [5.74, 6) is 1.04. The van der Waals surface area contributed by atoms with Crippen LogP contribution in [0.1, 0.15) is 25.0 Å². The first kappa shape index (κ1) is 26.0. The van der Waals surface area contributed by atoms with Gasteiger partial charge in [0.15, 0.2) is 0 Å². The summed E-state index contributed by atoms with van der Waals surface area (Å²) in [7, 11) is 0. The van der Waals surface area contributed by atoms with Gasteiger partial charge in [-0.2, -0.15) is 0 Å². The van der Waals surface area contributed by atoms with Crippen LogP contribution < -0.4 is 4.90 Å². The minimum absolute atomic E-state index is 0.210. The van der Waals surface area contributed by atoms with Crippen LogP contribution in [0, 0.1) is 0 Å². The Morgan fingerprint density at radius 2 is 1.27 bits per heavy atom. The maximum absolute atomic E-state index is 10.5. The van der Waals surface area contributed by atoms with Gasteiger partial charge in [-0.15, -0.1) is 0 Å². The van der Waals surface area contributed by atoms with Crippen LogP contribution >= 0.6 is 0 Å². The SMILES string of the molecule is CC(C)(c1ccccc1)c1cc(-c2cccc(-c3ccccc3O)n2)cc(N(c2ccccc2)c2ccccn2)c1. The van der Waals surface area contributed by atoms with Crippen molar-refractivity contribution in [3.05, 3.63) is 157 Å². The van der Waals surface area contributed by atoms with Crippen LogP contribution in [-0.2, 0) is 5.41 Å². The fraction of sp³-hybridized carbons (Fsp3) is 0.0811. The molecule has 4 nitrogen and oxygen atoms in total. The van der Waals surface area contributed by atoms with Crippen molar-refractivity contribution in [1.29, 1.82) is 0 Å².